The van der Waals surface area contributed by atoms with Crippen molar-refractivity contribution in [3.8, 4) is 5.75 Å². The molecule has 10 nitrogen and oxygen atoms in total. The van der Waals surface area contributed by atoms with Crippen LogP contribution in [-0.4, -0.2) is 47.2 Å². The van der Waals surface area contributed by atoms with Crippen LogP contribution in [0.2, 0.25) is 0 Å². The number of imide groups is 1. The van der Waals surface area contributed by atoms with E-state index in [1.807, 2.05) is 26.0 Å². The van der Waals surface area contributed by atoms with Crippen LogP contribution in [0.25, 0.3) is 0 Å². The Morgan fingerprint density at radius 2 is 1.91 bits per heavy atom. The summed E-state index contributed by atoms with van der Waals surface area (Å²) in [5.74, 6) is -2.76. The fourth-order valence-corrected chi connectivity index (χ4v) is 6.72. The smallest absolute Gasteiger partial charge is 0.271 e. The zero-order valence-corrected chi connectivity index (χ0v) is 19.5. The Morgan fingerprint density at radius 3 is 2.63 bits per heavy atom. The topological polar surface area (TPSA) is 122 Å². The highest BCUT2D eigenvalue weighted by Gasteiger charge is 2.75. The van der Waals surface area contributed by atoms with E-state index < -0.39 is 34.1 Å². The van der Waals surface area contributed by atoms with Gasteiger partial charge in [0.1, 0.15) is 17.0 Å². The maximum absolute atomic E-state index is 14.1. The average Bonchev–Trinajstić information content (AvgIpc) is 3.54. The molecule has 180 valence electrons. The lowest BCUT2D eigenvalue weighted by Crippen LogP contribution is -2.54. The molecule has 4 heterocycles. The van der Waals surface area contributed by atoms with Crippen molar-refractivity contribution in [1.82, 2.24) is 4.90 Å². The van der Waals surface area contributed by atoms with Crippen molar-refractivity contribution < 1.29 is 24.0 Å². The molecule has 4 atom stereocenters. The highest BCUT2D eigenvalue weighted by molar-refractivity contribution is 6.26. The molecule has 0 aromatic heterocycles. The summed E-state index contributed by atoms with van der Waals surface area (Å²) >= 11 is 0. The third-order valence-electron chi connectivity index (χ3n) is 8.31. The summed E-state index contributed by atoms with van der Waals surface area (Å²) < 4.78 is 5.36. The quantitative estimate of drug-likeness (QED) is 0.411. The Hall–Kier alpha value is -3.79. The first-order valence-electron chi connectivity index (χ1n) is 11.6. The number of carbonyl (C=O) groups is 3. The van der Waals surface area contributed by atoms with Gasteiger partial charge in [-0.05, 0) is 50.4 Å². The molecule has 0 radical (unpaired) electrons. The van der Waals surface area contributed by atoms with Crippen molar-refractivity contribution in [1.29, 1.82) is 0 Å². The van der Waals surface area contributed by atoms with Crippen LogP contribution in [-0.2, 0) is 19.9 Å². The Morgan fingerprint density at radius 1 is 1.14 bits per heavy atom. The van der Waals surface area contributed by atoms with E-state index in [4.69, 9.17) is 4.74 Å². The van der Waals surface area contributed by atoms with Gasteiger partial charge < -0.3 is 10.1 Å². The molecule has 10 heteroatoms. The van der Waals surface area contributed by atoms with Crippen LogP contribution < -0.4 is 15.0 Å². The number of methoxy groups -OCH3 is 1. The summed E-state index contributed by atoms with van der Waals surface area (Å²) in [7, 11) is 1.38. The summed E-state index contributed by atoms with van der Waals surface area (Å²) in [4.78, 5) is 55.7. The number of rotatable bonds is 3. The number of benzene rings is 2. The SMILES string of the molecule is COc1ccc([N+](=O)[O-])cc1N1C(=O)[C@@H]2[C@H]3CCCN3[C@@]3(C(=O)Nc4c3ccc(C)c4C)[C@@H]2C1=O. The third kappa shape index (κ3) is 2.49. The second-order valence-electron chi connectivity index (χ2n) is 9.68. The summed E-state index contributed by atoms with van der Waals surface area (Å²) in [5.41, 5.74) is 1.85. The lowest BCUT2D eigenvalue weighted by atomic mass is 9.75. The third-order valence-corrected chi connectivity index (χ3v) is 8.31. The van der Waals surface area contributed by atoms with Crippen molar-refractivity contribution in [2.24, 2.45) is 11.8 Å². The van der Waals surface area contributed by atoms with Crippen LogP contribution >= 0.6 is 0 Å². The van der Waals surface area contributed by atoms with Crippen LogP contribution in [0.4, 0.5) is 17.1 Å². The van der Waals surface area contributed by atoms with Crippen molar-refractivity contribution in [3.05, 3.63) is 57.1 Å². The van der Waals surface area contributed by atoms with Gasteiger partial charge in [0.05, 0.1) is 23.9 Å². The van der Waals surface area contributed by atoms with Gasteiger partial charge in [0.15, 0.2) is 0 Å². The Labute approximate surface area is 201 Å². The minimum absolute atomic E-state index is 0.0320. The van der Waals surface area contributed by atoms with Gasteiger partial charge in [-0.15, -0.1) is 0 Å². The maximum atomic E-state index is 14.1. The number of nitro benzene ring substituents is 1. The molecule has 3 saturated heterocycles. The minimum atomic E-state index is -1.30. The number of anilines is 2. The molecular formula is C25H24N4O6. The second kappa shape index (κ2) is 7.11. The number of nitro groups is 1. The molecule has 3 fully saturated rings. The predicted molar refractivity (Wildman–Crippen MR) is 125 cm³/mol. The molecule has 4 aliphatic heterocycles. The van der Waals surface area contributed by atoms with E-state index in [1.54, 1.807) is 0 Å². The molecule has 6 rings (SSSR count). The predicted octanol–water partition coefficient (Wildman–Crippen LogP) is 2.65. The maximum Gasteiger partial charge on any atom is 0.271 e. The number of fused-ring (bicyclic) bond motifs is 7. The van der Waals surface area contributed by atoms with Crippen molar-refractivity contribution >= 4 is 34.8 Å². The number of carbonyl (C=O) groups excluding carboxylic acids is 3. The number of hydrogen-bond donors (Lipinski definition) is 1. The van der Waals surface area contributed by atoms with Crippen molar-refractivity contribution in [2.45, 2.75) is 38.3 Å². The molecule has 0 unspecified atom stereocenters. The Bertz CT molecular complexity index is 1360. The van der Waals surface area contributed by atoms with Crippen LogP contribution in [0, 0.1) is 35.8 Å². The largest absolute Gasteiger partial charge is 0.495 e. The van der Waals surface area contributed by atoms with Crippen LogP contribution in [0.3, 0.4) is 0 Å². The van der Waals surface area contributed by atoms with E-state index in [1.165, 1.54) is 25.3 Å². The molecule has 0 bridgehead atoms. The molecule has 0 aliphatic carbocycles. The molecule has 0 saturated carbocycles. The highest BCUT2D eigenvalue weighted by Crippen LogP contribution is 2.61. The van der Waals surface area contributed by atoms with Crippen LogP contribution in [0.1, 0.15) is 29.5 Å². The van der Waals surface area contributed by atoms with Gasteiger partial charge in [-0.1, -0.05) is 12.1 Å². The van der Waals surface area contributed by atoms with E-state index in [0.717, 1.165) is 28.0 Å². The highest BCUT2D eigenvalue weighted by atomic mass is 16.6. The van der Waals surface area contributed by atoms with E-state index in [-0.39, 0.29) is 29.1 Å². The number of ether oxygens (including phenoxy) is 1. The van der Waals surface area contributed by atoms with Gasteiger partial charge >= 0.3 is 0 Å². The zero-order chi connectivity index (χ0) is 24.8. The lowest BCUT2D eigenvalue weighted by Gasteiger charge is -2.36. The van der Waals surface area contributed by atoms with E-state index >= 15 is 0 Å². The first kappa shape index (κ1) is 21.7. The summed E-state index contributed by atoms with van der Waals surface area (Å²) in [6, 6.07) is 7.39. The van der Waals surface area contributed by atoms with Gasteiger partial charge in [-0.25, -0.2) is 4.90 Å². The molecule has 4 aliphatic rings. The van der Waals surface area contributed by atoms with E-state index in [2.05, 4.69) is 10.2 Å². The Balaban J connectivity index is 1.56. The fourth-order valence-electron chi connectivity index (χ4n) is 6.72. The second-order valence-corrected chi connectivity index (χ2v) is 9.68. The van der Waals surface area contributed by atoms with Crippen molar-refractivity contribution in [2.75, 3.05) is 23.9 Å². The normalized spacial score (nSPS) is 28.9. The minimum Gasteiger partial charge on any atom is -0.495 e. The fraction of sp³-hybridized carbons (Fsp3) is 0.400. The number of amides is 3. The van der Waals surface area contributed by atoms with E-state index in [0.29, 0.717) is 18.7 Å². The summed E-state index contributed by atoms with van der Waals surface area (Å²) in [6.07, 6.45) is 1.50. The average molecular weight is 476 g/mol. The van der Waals surface area contributed by atoms with Crippen LogP contribution in [0.15, 0.2) is 30.3 Å². The van der Waals surface area contributed by atoms with E-state index in [9.17, 15) is 24.5 Å². The van der Waals surface area contributed by atoms with Gasteiger partial charge in [-0.2, -0.15) is 0 Å². The molecule has 2 aromatic rings. The first-order valence-corrected chi connectivity index (χ1v) is 11.6. The molecule has 3 amide bonds. The summed E-state index contributed by atoms with van der Waals surface area (Å²) in [5, 5.41) is 14.5. The van der Waals surface area contributed by atoms with Gasteiger partial charge in [0, 0.05) is 29.4 Å². The van der Waals surface area contributed by atoms with Gasteiger partial charge in [0.25, 0.3) is 5.69 Å². The molecular weight excluding hydrogens is 452 g/mol. The number of hydrogen-bond acceptors (Lipinski definition) is 7. The van der Waals surface area contributed by atoms with Gasteiger partial charge in [0.2, 0.25) is 17.7 Å². The number of non-ortho nitro benzene ring substituents is 1. The molecule has 2 aromatic carbocycles. The van der Waals surface area contributed by atoms with Crippen LogP contribution in [0.5, 0.6) is 5.75 Å². The number of aryl methyl sites for hydroxylation is 1. The first-order chi connectivity index (χ1) is 16.7. The molecule has 35 heavy (non-hydrogen) atoms. The van der Waals surface area contributed by atoms with Crippen molar-refractivity contribution in [3.63, 3.8) is 0 Å². The standard InChI is InChI=1S/C25H24N4O6/c1-12-6-8-15-21(13(12)2)26-24(32)25(15)20-19(16-5-4-10-27(16)25)22(30)28(23(20)31)17-11-14(29(33)34)7-9-18(17)35-3/h6-9,11,16,19-20H,4-5,10H2,1-3H3,(H,26,32)/t16-,19-,20+,25-/m1/s1. The lowest BCUT2D eigenvalue weighted by molar-refractivity contribution is -0.384. The van der Waals surface area contributed by atoms with Gasteiger partial charge in [-0.3, -0.25) is 29.4 Å². The number of nitrogens with one attached hydrogen (secondary N) is 1. The molecule has 1 spiro atoms. The monoisotopic (exact) mass is 476 g/mol. The Kier molecular flexibility index (Phi) is 4.41. The summed E-state index contributed by atoms with van der Waals surface area (Å²) in [6.45, 7) is 4.50. The number of nitrogens with zero attached hydrogens (tertiary/aromatic N) is 3. The zero-order valence-electron chi connectivity index (χ0n) is 19.5. The molecule has 1 N–H and O–H groups in total.